The third-order valence-corrected chi connectivity index (χ3v) is 5.80. The van der Waals surface area contributed by atoms with E-state index in [-0.39, 0.29) is 31.0 Å². The number of fused-ring (bicyclic) bond motifs is 1. The van der Waals surface area contributed by atoms with Gasteiger partial charge in [0.2, 0.25) is 5.91 Å². The largest absolute Gasteiger partial charge is 0.484 e. The Morgan fingerprint density at radius 3 is 2.63 bits per heavy atom. The zero-order valence-electron chi connectivity index (χ0n) is 17.6. The molecule has 0 bridgehead atoms. The Balaban J connectivity index is 1.62. The van der Waals surface area contributed by atoms with E-state index in [4.69, 9.17) is 16.3 Å². The number of hydrogen-bond donors (Lipinski definition) is 0. The Labute approximate surface area is 183 Å². The molecule has 6 heteroatoms. The number of ether oxygens (including phenoxy) is 1. The van der Waals surface area contributed by atoms with Crippen molar-refractivity contribution < 1.29 is 14.3 Å². The van der Waals surface area contributed by atoms with Crippen molar-refractivity contribution >= 4 is 23.4 Å². The van der Waals surface area contributed by atoms with Crippen molar-refractivity contribution in [2.45, 2.75) is 39.2 Å². The fourth-order valence-electron chi connectivity index (χ4n) is 3.77. The number of amides is 2. The summed E-state index contributed by atoms with van der Waals surface area (Å²) in [5.74, 6) is 0.375. The van der Waals surface area contributed by atoms with Crippen molar-refractivity contribution in [2.75, 3.05) is 26.2 Å². The molecule has 1 aliphatic rings. The van der Waals surface area contributed by atoms with E-state index in [1.54, 1.807) is 29.2 Å². The minimum atomic E-state index is -0.184. The summed E-state index contributed by atoms with van der Waals surface area (Å²) >= 11 is 5.88. The van der Waals surface area contributed by atoms with E-state index in [1.807, 2.05) is 17.0 Å². The molecule has 0 saturated carbocycles. The molecule has 0 radical (unpaired) electrons. The molecular weight excluding hydrogens is 400 g/mol. The molecule has 0 N–H and O–H groups in total. The average Bonchev–Trinajstić information content (AvgIpc) is 2.76. The molecular formula is C24H29ClN2O3. The molecule has 2 aromatic rings. The highest BCUT2D eigenvalue weighted by atomic mass is 35.5. The molecule has 0 spiro atoms. The fraction of sp³-hybridized carbons (Fsp3) is 0.417. The number of halogens is 1. The van der Waals surface area contributed by atoms with Gasteiger partial charge in [0.1, 0.15) is 5.75 Å². The van der Waals surface area contributed by atoms with E-state index in [0.717, 1.165) is 19.3 Å². The smallest absolute Gasteiger partial charge is 0.260 e. The second kappa shape index (κ2) is 10.5. The number of unbranched alkanes of at least 4 members (excludes halogenated alkanes) is 1. The number of carbonyl (C=O) groups is 2. The average molecular weight is 429 g/mol. The lowest BCUT2D eigenvalue weighted by molar-refractivity contribution is -0.143. The lowest BCUT2D eigenvalue weighted by Gasteiger charge is -2.36. The minimum absolute atomic E-state index is 0.0101. The zero-order valence-corrected chi connectivity index (χ0v) is 18.4. The van der Waals surface area contributed by atoms with Crippen LogP contribution in [0.1, 0.15) is 43.9 Å². The summed E-state index contributed by atoms with van der Waals surface area (Å²) in [6, 6.07) is 15.1. The first-order chi connectivity index (χ1) is 14.5. The monoisotopic (exact) mass is 428 g/mol. The summed E-state index contributed by atoms with van der Waals surface area (Å²) in [5, 5.41) is 0.612. The van der Waals surface area contributed by atoms with Gasteiger partial charge in [-0.25, -0.2) is 0 Å². The third-order valence-electron chi connectivity index (χ3n) is 5.55. The lowest BCUT2D eigenvalue weighted by Crippen LogP contribution is -2.47. The van der Waals surface area contributed by atoms with Gasteiger partial charge in [-0.15, -0.1) is 0 Å². The predicted octanol–water partition coefficient (Wildman–Crippen LogP) is 4.49. The van der Waals surface area contributed by atoms with Gasteiger partial charge in [-0.05, 0) is 55.2 Å². The van der Waals surface area contributed by atoms with Gasteiger partial charge in [0.05, 0.1) is 12.6 Å². The van der Waals surface area contributed by atoms with Crippen molar-refractivity contribution in [3.63, 3.8) is 0 Å². The zero-order chi connectivity index (χ0) is 21.5. The molecule has 30 heavy (non-hydrogen) atoms. The topological polar surface area (TPSA) is 49.9 Å². The summed E-state index contributed by atoms with van der Waals surface area (Å²) in [7, 11) is 0. The van der Waals surface area contributed by atoms with Gasteiger partial charge in [0, 0.05) is 18.1 Å². The Bertz CT molecular complexity index is 869. The van der Waals surface area contributed by atoms with Crippen LogP contribution >= 0.6 is 11.6 Å². The van der Waals surface area contributed by atoms with E-state index in [9.17, 15) is 9.59 Å². The predicted molar refractivity (Wildman–Crippen MR) is 119 cm³/mol. The van der Waals surface area contributed by atoms with Crippen LogP contribution < -0.4 is 4.74 Å². The van der Waals surface area contributed by atoms with Gasteiger partial charge in [-0.1, -0.05) is 49.2 Å². The maximum absolute atomic E-state index is 13.1. The second-order valence-corrected chi connectivity index (χ2v) is 8.06. The van der Waals surface area contributed by atoms with Gasteiger partial charge in [0.25, 0.3) is 5.91 Å². The van der Waals surface area contributed by atoms with Crippen LogP contribution in [0.2, 0.25) is 5.02 Å². The van der Waals surface area contributed by atoms with Gasteiger partial charge in [-0.2, -0.15) is 0 Å². The van der Waals surface area contributed by atoms with Gasteiger partial charge in [-0.3, -0.25) is 9.59 Å². The molecule has 160 valence electrons. The first-order valence-corrected chi connectivity index (χ1v) is 10.9. The molecule has 1 unspecified atom stereocenters. The van der Waals surface area contributed by atoms with E-state index in [1.165, 1.54) is 11.1 Å². The highest BCUT2D eigenvalue weighted by Crippen LogP contribution is 2.29. The lowest BCUT2D eigenvalue weighted by atomic mass is 9.93. The normalized spacial score (nSPS) is 15.4. The van der Waals surface area contributed by atoms with Crippen LogP contribution in [0.4, 0.5) is 0 Å². The van der Waals surface area contributed by atoms with Crippen LogP contribution in [-0.4, -0.2) is 47.9 Å². The highest BCUT2D eigenvalue weighted by Gasteiger charge is 2.29. The molecule has 2 amide bonds. The minimum Gasteiger partial charge on any atom is -0.484 e. The molecule has 2 aromatic carbocycles. The number of hydrogen-bond acceptors (Lipinski definition) is 3. The van der Waals surface area contributed by atoms with E-state index in [0.29, 0.717) is 23.9 Å². The Kier molecular flexibility index (Phi) is 7.75. The van der Waals surface area contributed by atoms with Crippen LogP contribution in [0.5, 0.6) is 5.75 Å². The van der Waals surface area contributed by atoms with Crippen LogP contribution in [0.15, 0.2) is 48.5 Å². The third kappa shape index (κ3) is 5.54. The van der Waals surface area contributed by atoms with Crippen LogP contribution in [0, 0.1) is 0 Å². The summed E-state index contributed by atoms with van der Waals surface area (Å²) < 4.78 is 5.60. The number of nitrogens with zero attached hydrogens (tertiary/aromatic N) is 2. The van der Waals surface area contributed by atoms with Crippen LogP contribution in [0.25, 0.3) is 0 Å². The molecule has 0 aliphatic carbocycles. The molecule has 1 atom stereocenters. The molecule has 1 heterocycles. The van der Waals surface area contributed by atoms with E-state index < -0.39 is 0 Å². The van der Waals surface area contributed by atoms with Crippen molar-refractivity contribution in [1.29, 1.82) is 0 Å². The van der Waals surface area contributed by atoms with Gasteiger partial charge >= 0.3 is 0 Å². The van der Waals surface area contributed by atoms with Gasteiger partial charge in [0.15, 0.2) is 6.61 Å². The quantitative estimate of drug-likeness (QED) is 0.622. The van der Waals surface area contributed by atoms with Gasteiger partial charge < -0.3 is 14.5 Å². The maximum atomic E-state index is 13.1. The SMILES string of the molecule is CCCCN(CC(=O)N1CCc2ccccc2C1C)C(=O)COc1ccc(Cl)cc1. The maximum Gasteiger partial charge on any atom is 0.260 e. The van der Waals surface area contributed by atoms with Crippen molar-refractivity contribution in [1.82, 2.24) is 9.80 Å². The number of carbonyl (C=O) groups excluding carboxylic acids is 2. The molecule has 1 aliphatic heterocycles. The summed E-state index contributed by atoms with van der Waals surface area (Å²) in [5.41, 5.74) is 2.49. The van der Waals surface area contributed by atoms with Crippen molar-refractivity contribution in [3.8, 4) is 5.75 Å². The molecule has 0 saturated heterocycles. The van der Waals surface area contributed by atoms with Crippen LogP contribution in [0.3, 0.4) is 0 Å². The standard InChI is InChI=1S/C24H29ClN2O3/c1-3-4-14-26(24(29)17-30-21-11-9-20(25)10-12-21)16-23(28)27-15-13-19-7-5-6-8-22(19)18(27)2/h5-12,18H,3-4,13-17H2,1-2H3. The molecule has 0 fully saturated rings. The first kappa shape index (κ1) is 22.2. The second-order valence-electron chi connectivity index (χ2n) is 7.62. The van der Waals surface area contributed by atoms with Crippen molar-refractivity contribution in [2.24, 2.45) is 0 Å². The molecule has 5 nitrogen and oxygen atoms in total. The molecule has 3 rings (SSSR count). The molecule has 0 aromatic heterocycles. The number of rotatable bonds is 8. The Morgan fingerprint density at radius 1 is 1.17 bits per heavy atom. The first-order valence-electron chi connectivity index (χ1n) is 10.5. The van der Waals surface area contributed by atoms with Crippen LogP contribution in [-0.2, 0) is 16.0 Å². The highest BCUT2D eigenvalue weighted by molar-refractivity contribution is 6.30. The summed E-state index contributed by atoms with van der Waals surface area (Å²) in [6.45, 7) is 5.32. The number of benzene rings is 2. The fourth-order valence-corrected chi connectivity index (χ4v) is 3.90. The van der Waals surface area contributed by atoms with Crippen molar-refractivity contribution in [3.05, 3.63) is 64.7 Å². The summed E-state index contributed by atoms with van der Waals surface area (Å²) in [6.07, 6.45) is 2.64. The Hall–Kier alpha value is -2.53. The van der Waals surface area contributed by atoms with E-state index in [2.05, 4.69) is 26.0 Å². The Morgan fingerprint density at radius 2 is 1.90 bits per heavy atom. The van der Waals surface area contributed by atoms with E-state index >= 15 is 0 Å². The summed E-state index contributed by atoms with van der Waals surface area (Å²) in [4.78, 5) is 29.4.